The predicted molar refractivity (Wildman–Crippen MR) is 171 cm³/mol. The third kappa shape index (κ3) is 12.0. The maximum atomic E-state index is 12.1. The summed E-state index contributed by atoms with van der Waals surface area (Å²) in [4.78, 5) is 27.6. The van der Waals surface area contributed by atoms with E-state index in [4.69, 9.17) is 30.5 Å². The van der Waals surface area contributed by atoms with Crippen molar-refractivity contribution in [2.75, 3.05) is 39.4 Å². The van der Waals surface area contributed by atoms with Crippen LogP contribution in [0.25, 0.3) is 0 Å². The number of phenolic OH excluding ortho intramolecular Hbond substituents is 2. The van der Waals surface area contributed by atoms with Crippen molar-refractivity contribution < 1.29 is 38.7 Å². The third-order valence-electron chi connectivity index (χ3n) is 6.53. The number of hydrogen-bond acceptors (Lipinski definition) is 8. The van der Waals surface area contributed by atoms with Crippen molar-refractivity contribution in [3.8, 4) is 11.5 Å². The van der Waals surface area contributed by atoms with Gasteiger partial charge in [0.25, 0.3) is 0 Å². The normalized spacial score (nSPS) is 19.1. The molecule has 0 aromatic heterocycles. The molecule has 2 heterocycles. The molecule has 2 aromatic carbocycles. The second-order valence-electron chi connectivity index (χ2n) is 12.8. The Bertz CT molecular complexity index is 1180. The van der Waals surface area contributed by atoms with Crippen LogP contribution in [0.2, 0.25) is 5.02 Å². The Balaban J connectivity index is 0.000000240. The first kappa shape index (κ1) is 35.7. The highest BCUT2D eigenvalue weighted by atomic mass is 79.9. The van der Waals surface area contributed by atoms with E-state index in [2.05, 4.69) is 15.9 Å². The van der Waals surface area contributed by atoms with Crippen molar-refractivity contribution in [2.45, 2.75) is 77.8 Å². The monoisotopic (exact) mass is 698 g/mol. The molecular formula is C32H44BrClN2O8. The van der Waals surface area contributed by atoms with Gasteiger partial charge in [0.15, 0.2) is 0 Å². The number of halogens is 2. The molecule has 0 aliphatic carbocycles. The summed E-state index contributed by atoms with van der Waals surface area (Å²) in [5.74, 6) is 0.272. The van der Waals surface area contributed by atoms with Gasteiger partial charge < -0.3 is 39.0 Å². The molecule has 10 nitrogen and oxygen atoms in total. The lowest BCUT2D eigenvalue weighted by Gasteiger charge is -2.34. The van der Waals surface area contributed by atoms with Crippen molar-refractivity contribution in [3.05, 3.63) is 57.0 Å². The van der Waals surface area contributed by atoms with E-state index in [9.17, 15) is 19.8 Å². The number of carbonyl (C=O) groups is 2. The second kappa shape index (κ2) is 15.5. The van der Waals surface area contributed by atoms with Crippen LogP contribution < -0.4 is 0 Å². The maximum Gasteiger partial charge on any atom is 0.410 e. The molecule has 2 amide bonds. The van der Waals surface area contributed by atoms with Crippen molar-refractivity contribution in [3.63, 3.8) is 0 Å². The molecule has 44 heavy (non-hydrogen) atoms. The first-order chi connectivity index (χ1) is 20.5. The Labute approximate surface area is 273 Å². The smallest absolute Gasteiger partial charge is 0.410 e. The highest BCUT2D eigenvalue weighted by Crippen LogP contribution is 2.27. The summed E-state index contributed by atoms with van der Waals surface area (Å²) >= 11 is 9.21. The second-order valence-corrected chi connectivity index (χ2v) is 14.1. The van der Waals surface area contributed by atoms with Gasteiger partial charge in [0.05, 0.1) is 48.0 Å². The molecule has 2 aliphatic heterocycles. The molecule has 244 valence electrons. The number of carbonyl (C=O) groups excluding carboxylic acids is 2. The van der Waals surface area contributed by atoms with Gasteiger partial charge in [0.2, 0.25) is 0 Å². The summed E-state index contributed by atoms with van der Waals surface area (Å²) in [6.45, 7) is 14.2. The van der Waals surface area contributed by atoms with Crippen molar-refractivity contribution in [1.29, 1.82) is 0 Å². The summed E-state index contributed by atoms with van der Waals surface area (Å²) in [6, 6.07) is 10.4. The average Bonchev–Trinajstić information content (AvgIpc) is 2.92. The summed E-state index contributed by atoms with van der Waals surface area (Å²) in [6.07, 6.45) is 0.508. The number of phenols is 2. The van der Waals surface area contributed by atoms with Crippen LogP contribution in [-0.2, 0) is 31.8 Å². The van der Waals surface area contributed by atoms with Crippen molar-refractivity contribution in [1.82, 2.24) is 9.80 Å². The number of hydrogen-bond donors (Lipinski definition) is 2. The minimum absolute atomic E-state index is 0.0605. The fourth-order valence-corrected chi connectivity index (χ4v) is 5.18. The Morgan fingerprint density at radius 3 is 1.66 bits per heavy atom. The SMILES string of the molecule is CC(C)(C)OC(=O)N1CCO[C@H](Cc2ccc(O)c(Br)c2)C1.CC(C)(C)OC(=O)N1CCO[C@H](Cc2ccc(O)c(Cl)c2)C1. The number of morpholine rings is 2. The number of nitrogens with zero attached hydrogens (tertiary/aromatic N) is 2. The maximum absolute atomic E-state index is 12.1. The van der Waals surface area contributed by atoms with Crippen LogP contribution in [-0.4, -0.2) is 95.0 Å². The van der Waals surface area contributed by atoms with E-state index < -0.39 is 11.2 Å². The molecule has 0 unspecified atom stereocenters. The molecule has 4 rings (SSSR count). The van der Waals surface area contributed by atoms with Crippen LogP contribution in [0.5, 0.6) is 11.5 Å². The molecule has 0 bridgehead atoms. The van der Waals surface area contributed by atoms with Gasteiger partial charge in [-0.2, -0.15) is 0 Å². The summed E-state index contributed by atoms with van der Waals surface area (Å²) in [5, 5.41) is 19.3. The Morgan fingerprint density at radius 2 is 1.25 bits per heavy atom. The van der Waals surface area contributed by atoms with E-state index in [1.165, 1.54) is 0 Å². The zero-order valence-electron chi connectivity index (χ0n) is 26.3. The molecule has 2 atom stereocenters. The topological polar surface area (TPSA) is 118 Å². The number of aromatic hydroxyl groups is 2. The Kier molecular flexibility index (Phi) is 12.6. The minimum atomic E-state index is -0.505. The van der Waals surface area contributed by atoms with Gasteiger partial charge in [0.1, 0.15) is 22.7 Å². The number of ether oxygens (including phenoxy) is 4. The fraction of sp³-hybridized carbons (Fsp3) is 0.562. The van der Waals surface area contributed by atoms with Crippen LogP contribution in [0.1, 0.15) is 52.7 Å². The molecular weight excluding hydrogens is 656 g/mol. The molecule has 2 aromatic rings. The van der Waals surface area contributed by atoms with E-state index >= 15 is 0 Å². The van der Waals surface area contributed by atoms with Gasteiger partial charge >= 0.3 is 12.2 Å². The highest BCUT2D eigenvalue weighted by molar-refractivity contribution is 9.10. The largest absolute Gasteiger partial charge is 0.507 e. The van der Waals surface area contributed by atoms with E-state index in [0.29, 0.717) is 61.7 Å². The van der Waals surface area contributed by atoms with Crippen LogP contribution in [0.4, 0.5) is 9.59 Å². The zero-order chi connectivity index (χ0) is 32.7. The summed E-state index contributed by atoms with van der Waals surface area (Å²) < 4.78 is 22.9. The van der Waals surface area contributed by atoms with Crippen LogP contribution in [0, 0.1) is 0 Å². The average molecular weight is 700 g/mol. The summed E-state index contributed by atoms with van der Waals surface area (Å²) in [5.41, 5.74) is 1.00. The predicted octanol–water partition coefficient (Wildman–Crippen LogP) is 6.56. The Hall–Kier alpha value is -2.73. The third-order valence-corrected chi connectivity index (χ3v) is 7.47. The van der Waals surface area contributed by atoms with Gasteiger partial charge in [-0.25, -0.2) is 9.59 Å². The lowest BCUT2D eigenvalue weighted by molar-refractivity contribution is -0.0416. The Morgan fingerprint density at radius 1 is 0.818 bits per heavy atom. The molecule has 2 saturated heterocycles. The van der Waals surface area contributed by atoms with Gasteiger partial charge in [-0.15, -0.1) is 0 Å². The van der Waals surface area contributed by atoms with Crippen LogP contribution in [0.3, 0.4) is 0 Å². The van der Waals surface area contributed by atoms with Crippen molar-refractivity contribution in [2.24, 2.45) is 0 Å². The van der Waals surface area contributed by atoms with Gasteiger partial charge in [0, 0.05) is 25.9 Å². The van der Waals surface area contributed by atoms with E-state index in [1.807, 2.05) is 53.7 Å². The first-order valence-electron chi connectivity index (χ1n) is 14.6. The van der Waals surface area contributed by atoms with E-state index in [0.717, 1.165) is 11.1 Å². The molecule has 0 spiro atoms. The quantitative estimate of drug-likeness (QED) is 0.369. The molecule has 2 aliphatic rings. The fourth-order valence-electron chi connectivity index (χ4n) is 4.55. The molecule has 12 heteroatoms. The van der Waals surface area contributed by atoms with Crippen LogP contribution >= 0.6 is 27.5 Å². The highest BCUT2D eigenvalue weighted by Gasteiger charge is 2.29. The van der Waals surface area contributed by atoms with E-state index in [1.54, 1.807) is 34.1 Å². The molecule has 0 radical (unpaired) electrons. The standard InChI is InChI=1S/C16H22BrNO4.C16H22ClNO4/c2*1-16(2,3)22-15(20)18-6-7-21-12(10-18)8-11-4-5-14(19)13(17)9-11/h2*4-5,9,12,19H,6-8,10H2,1-3H3/t2*12-/m11/s1. The first-order valence-corrected chi connectivity index (χ1v) is 15.8. The molecule has 0 saturated carbocycles. The lowest BCUT2D eigenvalue weighted by Crippen LogP contribution is -2.48. The van der Waals surface area contributed by atoms with E-state index in [-0.39, 0.29) is 35.9 Å². The zero-order valence-corrected chi connectivity index (χ0v) is 28.6. The van der Waals surface area contributed by atoms with Gasteiger partial charge in [-0.05, 0) is 92.9 Å². The number of amides is 2. The molecule has 2 N–H and O–H groups in total. The molecule has 2 fully saturated rings. The van der Waals surface area contributed by atoms with Gasteiger partial charge in [-0.1, -0.05) is 23.7 Å². The van der Waals surface area contributed by atoms with Crippen molar-refractivity contribution >= 4 is 39.7 Å². The van der Waals surface area contributed by atoms with Crippen LogP contribution in [0.15, 0.2) is 40.9 Å². The number of rotatable bonds is 4. The number of benzene rings is 2. The lowest BCUT2D eigenvalue weighted by atomic mass is 10.1. The summed E-state index contributed by atoms with van der Waals surface area (Å²) in [7, 11) is 0. The minimum Gasteiger partial charge on any atom is -0.507 e. The van der Waals surface area contributed by atoms with Gasteiger partial charge in [-0.3, -0.25) is 0 Å².